The van der Waals surface area contributed by atoms with Crippen molar-refractivity contribution in [1.82, 2.24) is 15.1 Å². The molecule has 2 aromatic heterocycles. The summed E-state index contributed by atoms with van der Waals surface area (Å²) >= 11 is 0. The maximum atomic E-state index is 11.6. The Hall–Kier alpha value is -1.93. The number of rotatable bonds is 5. The van der Waals surface area contributed by atoms with Crippen LogP contribution in [0.3, 0.4) is 0 Å². The molecule has 0 aliphatic heterocycles. The zero-order chi connectivity index (χ0) is 15.5. The summed E-state index contributed by atoms with van der Waals surface area (Å²) in [4.78, 5) is 8.27. The summed E-state index contributed by atoms with van der Waals surface area (Å²) in [5.74, 6) is 0.398. The summed E-state index contributed by atoms with van der Waals surface area (Å²) in [6.07, 6.45) is 6.62. The van der Waals surface area contributed by atoms with Crippen LogP contribution in [-0.2, 0) is 19.8 Å². The molecular formula is C13H17N4O3S+. The number of aromatic nitrogens is 4. The lowest BCUT2D eigenvalue weighted by Crippen LogP contribution is -2.58. The molecule has 0 fully saturated rings. The molecule has 21 heavy (non-hydrogen) atoms. The molecule has 2 aromatic rings. The van der Waals surface area contributed by atoms with E-state index in [-0.39, 0.29) is 5.75 Å². The van der Waals surface area contributed by atoms with Crippen LogP contribution in [0.1, 0.15) is 13.8 Å². The highest BCUT2D eigenvalue weighted by molar-refractivity contribution is 7.86. The zero-order valence-electron chi connectivity index (χ0n) is 12.1. The first kappa shape index (κ1) is 15.5. The average molecular weight is 309 g/mol. The van der Waals surface area contributed by atoms with E-state index >= 15 is 0 Å². The minimum atomic E-state index is -3.57. The van der Waals surface area contributed by atoms with Crippen molar-refractivity contribution >= 4 is 10.1 Å². The van der Waals surface area contributed by atoms with Crippen molar-refractivity contribution in [2.75, 3.05) is 12.9 Å². The predicted molar refractivity (Wildman–Crippen MR) is 75.6 cm³/mol. The van der Waals surface area contributed by atoms with Gasteiger partial charge in [0.05, 0.1) is 7.11 Å². The molecule has 0 N–H and O–H groups in total. The van der Waals surface area contributed by atoms with Gasteiger partial charge in [-0.1, -0.05) is 4.68 Å². The van der Waals surface area contributed by atoms with Gasteiger partial charge in [-0.15, -0.1) is 0 Å². The Morgan fingerprint density at radius 2 is 1.95 bits per heavy atom. The fourth-order valence-corrected chi connectivity index (χ4v) is 2.97. The normalized spacial score (nSPS) is 12.3. The van der Waals surface area contributed by atoms with Gasteiger partial charge < -0.3 is 0 Å². The van der Waals surface area contributed by atoms with Crippen LogP contribution < -0.4 is 4.68 Å². The van der Waals surface area contributed by atoms with Crippen LogP contribution in [0.5, 0.6) is 0 Å². The first-order valence-electron chi connectivity index (χ1n) is 6.28. The summed E-state index contributed by atoms with van der Waals surface area (Å²) < 4.78 is 29.3. The second-order valence-corrected chi connectivity index (χ2v) is 6.85. The molecule has 0 aromatic carbocycles. The van der Waals surface area contributed by atoms with E-state index in [9.17, 15) is 8.42 Å². The molecule has 0 radical (unpaired) electrons. The van der Waals surface area contributed by atoms with Gasteiger partial charge in [-0.25, -0.2) is 9.97 Å². The molecule has 0 saturated carbocycles. The smallest absolute Gasteiger partial charge is 0.273 e. The molecule has 0 saturated heterocycles. The van der Waals surface area contributed by atoms with Gasteiger partial charge >= 0.3 is 0 Å². The van der Waals surface area contributed by atoms with Crippen molar-refractivity contribution < 1.29 is 17.3 Å². The molecular weight excluding hydrogens is 292 g/mol. The molecule has 0 spiro atoms. The van der Waals surface area contributed by atoms with Crippen LogP contribution in [0.15, 0.2) is 36.9 Å². The van der Waals surface area contributed by atoms with E-state index in [0.717, 1.165) is 12.7 Å². The highest BCUT2D eigenvalue weighted by atomic mass is 32.2. The molecule has 0 atom stereocenters. The van der Waals surface area contributed by atoms with Crippen molar-refractivity contribution in [1.29, 1.82) is 0 Å². The Bertz CT molecular complexity index is 700. The lowest BCUT2D eigenvalue weighted by Gasteiger charge is -2.16. The van der Waals surface area contributed by atoms with Crippen LogP contribution in [0.2, 0.25) is 0 Å². The topological polar surface area (TPSA) is 85.9 Å². The summed E-state index contributed by atoms with van der Waals surface area (Å²) in [5.41, 5.74) is 0.0301. The van der Waals surface area contributed by atoms with Crippen LogP contribution in [0, 0.1) is 0 Å². The monoisotopic (exact) mass is 309 g/mol. The highest BCUT2D eigenvalue weighted by Gasteiger charge is 2.36. The number of nitrogens with zero attached hydrogens (tertiary/aromatic N) is 4. The summed E-state index contributed by atoms with van der Waals surface area (Å²) in [7, 11) is -2.42. The van der Waals surface area contributed by atoms with Gasteiger partial charge in [0, 0.05) is 37.9 Å². The van der Waals surface area contributed by atoms with Gasteiger partial charge in [0.15, 0.2) is 12.0 Å². The minimum absolute atomic E-state index is 0.171. The molecule has 112 valence electrons. The molecule has 0 aliphatic rings. The summed E-state index contributed by atoms with van der Waals surface area (Å²) in [6.45, 7) is 3.55. The van der Waals surface area contributed by atoms with Crippen LogP contribution in [0.25, 0.3) is 11.4 Å². The van der Waals surface area contributed by atoms with E-state index in [4.69, 9.17) is 0 Å². The average Bonchev–Trinajstić information content (AvgIpc) is 2.47. The zero-order valence-corrected chi connectivity index (χ0v) is 12.9. The van der Waals surface area contributed by atoms with Gasteiger partial charge in [0.25, 0.3) is 10.1 Å². The van der Waals surface area contributed by atoms with E-state index in [1.54, 1.807) is 55.4 Å². The Balaban J connectivity index is 2.26. The first-order valence-corrected chi connectivity index (χ1v) is 7.86. The van der Waals surface area contributed by atoms with Gasteiger partial charge in [-0.2, -0.15) is 8.42 Å². The highest BCUT2D eigenvalue weighted by Crippen LogP contribution is 2.13. The molecule has 2 heterocycles. The standard InChI is InChI=1S/C13H17N4O3S/c1-13(2,10-21(18,19)20-3)17-8-5-11(9-16-17)12-14-6-4-7-15-12/h4-9H,10H2,1-3H3/q+1. The minimum Gasteiger partial charge on any atom is -0.273 e. The Morgan fingerprint density at radius 3 is 2.48 bits per heavy atom. The maximum absolute atomic E-state index is 11.6. The number of hydrogen-bond donors (Lipinski definition) is 0. The van der Waals surface area contributed by atoms with Crippen LogP contribution in [0.4, 0.5) is 0 Å². The summed E-state index contributed by atoms with van der Waals surface area (Å²) in [5, 5.41) is 4.26. The van der Waals surface area contributed by atoms with Crippen molar-refractivity contribution in [3.63, 3.8) is 0 Å². The van der Waals surface area contributed by atoms with Gasteiger partial charge in [0.1, 0.15) is 11.9 Å². The van der Waals surface area contributed by atoms with Gasteiger partial charge in [-0.3, -0.25) is 4.18 Å². The van der Waals surface area contributed by atoms with E-state index in [0.29, 0.717) is 5.82 Å². The largest absolute Gasteiger partial charge is 0.274 e. The lowest BCUT2D eigenvalue weighted by molar-refractivity contribution is -0.804. The van der Waals surface area contributed by atoms with Gasteiger partial charge in [-0.05, 0) is 11.2 Å². The Kier molecular flexibility index (Phi) is 4.29. The second kappa shape index (κ2) is 5.82. The molecule has 8 heteroatoms. The van der Waals surface area contributed by atoms with E-state index in [2.05, 4.69) is 19.2 Å². The second-order valence-electron chi connectivity index (χ2n) is 5.11. The van der Waals surface area contributed by atoms with Crippen molar-refractivity contribution in [2.24, 2.45) is 0 Å². The van der Waals surface area contributed by atoms with Crippen molar-refractivity contribution in [2.45, 2.75) is 19.4 Å². The molecule has 0 bridgehead atoms. The first-order chi connectivity index (χ1) is 9.84. The third-order valence-electron chi connectivity index (χ3n) is 2.94. The van der Waals surface area contributed by atoms with Crippen molar-refractivity contribution in [3.05, 3.63) is 36.9 Å². The fourth-order valence-electron chi connectivity index (χ4n) is 1.85. The molecule has 0 amide bonds. The molecule has 7 nitrogen and oxygen atoms in total. The lowest BCUT2D eigenvalue weighted by atomic mass is 10.1. The number of hydrogen-bond acceptors (Lipinski definition) is 6. The quantitative estimate of drug-likeness (QED) is 0.592. The Morgan fingerprint density at radius 1 is 1.29 bits per heavy atom. The van der Waals surface area contributed by atoms with E-state index in [1.165, 1.54) is 0 Å². The van der Waals surface area contributed by atoms with Gasteiger partial charge in [0.2, 0.25) is 5.54 Å². The van der Waals surface area contributed by atoms with Crippen LogP contribution >= 0.6 is 0 Å². The van der Waals surface area contributed by atoms with E-state index < -0.39 is 15.7 Å². The molecule has 0 aliphatic carbocycles. The maximum Gasteiger partial charge on any atom is 0.274 e. The molecule has 0 unspecified atom stereocenters. The third kappa shape index (κ3) is 3.79. The summed E-state index contributed by atoms with van der Waals surface area (Å²) in [6, 6.07) is 3.53. The third-order valence-corrected chi connectivity index (χ3v) is 4.51. The van der Waals surface area contributed by atoms with E-state index in [1.807, 2.05) is 0 Å². The SMILES string of the molecule is COS(=O)(=O)CC(C)(C)[n+]1ccc(-c2ncccn2)cn1. The van der Waals surface area contributed by atoms with Crippen LogP contribution in [-0.4, -0.2) is 36.3 Å². The predicted octanol–water partition coefficient (Wildman–Crippen LogP) is 0.537. The molecule has 2 rings (SSSR count). The van der Waals surface area contributed by atoms with Crippen molar-refractivity contribution in [3.8, 4) is 11.4 Å². The Labute approximate surface area is 123 Å². The fraction of sp³-hybridized carbons (Fsp3) is 0.385.